The fraction of sp³-hybridized carbons (Fsp3) is 0. The second-order valence-electron chi connectivity index (χ2n) is 8.76. The summed E-state index contributed by atoms with van der Waals surface area (Å²) < 4.78 is 24.6. The van der Waals surface area contributed by atoms with E-state index < -0.39 is 14.2 Å². The molecule has 0 saturated carbocycles. The van der Waals surface area contributed by atoms with Crippen molar-refractivity contribution in [3.8, 4) is 23.0 Å². The van der Waals surface area contributed by atoms with Gasteiger partial charge in [0, 0.05) is 10.9 Å². The molecular formula is C28H16B2O4. The summed E-state index contributed by atoms with van der Waals surface area (Å²) in [4.78, 5) is 0. The minimum absolute atomic E-state index is 0.475. The van der Waals surface area contributed by atoms with Crippen LogP contribution in [0.2, 0.25) is 0 Å². The maximum Gasteiger partial charge on any atom is 0.633 e. The van der Waals surface area contributed by atoms with E-state index in [0.29, 0.717) is 0 Å². The molecule has 0 spiro atoms. The van der Waals surface area contributed by atoms with Crippen molar-refractivity contribution in [2.75, 3.05) is 0 Å². The van der Waals surface area contributed by atoms with Gasteiger partial charge in [-0.1, -0.05) is 72.8 Å². The van der Waals surface area contributed by atoms with Crippen molar-refractivity contribution in [1.29, 1.82) is 0 Å². The van der Waals surface area contributed by atoms with Crippen LogP contribution in [0.5, 0.6) is 23.0 Å². The van der Waals surface area contributed by atoms with Gasteiger partial charge in [-0.05, 0) is 56.6 Å². The van der Waals surface area contributed by atoms with Crippen LogP contribution >= 0.6 is 0 Å². The van der Waals surface area contributed by atoms with E-state index in [2.05, 4.69) is 48.5 Å². The van der Waals surface area contributed by atoms with Crippen LogP contribution in [0.4, 0.5) is 0 Å². The molecular weight excluding hydrogens is 422 g/mol. The van der Waals surface area contributed by atoms with Crippen LogP contribution in [-0.2, 0) is 0 Å². The highest BCUT2D eigenvalue weighted by Crippen LogP contribution is 2.38. The number of benzene rings is 6. The van der Waals surface area contributed by atoms with Crippen molar-refractivity contribution in [2.45, 2.75) is 0 Å². The lowest BCUT2D eigenvalue weighted by molar-refractivity contribution is 0.518. The molecule has 0 fully saturated rings. The molecule has 8 rings (SSSR count). The van der Waals surface area contributed by atoms with Gasteiger partial charge in [-0.2, -0.15) is 0 Å². The van der Waals surface area contributed by atoms with Crippen LogP contribution in [0.15, 0.2) is 97.1 Å². The average Bonchev–Trinajstić information content (AvgIpc) is 3.51. The van der Waals surface area contributed by atoms with E-state index in [1.165, 1.54) is 21.5 Å². The van der Waals surface area contributed by atoms with Gasteiger partial charge in [0.1, 0.15) is 23.0 Å². The minimum Gasteiger partial charge on any atom is -0.519 e. The van der Waals surface area contributed by atoms with E-state index in [-0.39, 0.29) is 0 Å². The minimum atomic E-state index is -0.475. The molecule has 0 atom stereocenters. The van der Waals surface area contributed by atoms with E-state index in [1.807, 2.05) is 48.5 Å². The molecule has 6 aromatic carbocycles. The highest BCUT2D eigenvalue weighted by molar-refractivity contribution is 6.68. The molecule has 0 radical (unpaired) electrons. The second kappa shape index (κ2) is 6.61. The molecule has 6 heteroatoms. The molecule has 0 saturated heterocycles. The Morgan fingerprint density at radius 2 is 0.735 bits per heavy atom. The SMILES string of the molecule is c1ccc2c(c1)OB(c1ccc3ccc4c(B5Oc6ccccc6O5)ccc5ccc1c3c54)O2. The number of hydrogen-bond acceptors (Lipinski definition) is 4. The van der Waals surface area contributed by atoms with Gasteiger partial charge in [0.25, 0.3) is 0 Å². The van der Waals surface area contributed by atoms with Crippen molar-refractivity contribution < 1.29 is 18.6 Å². The summed E-state index contributed by atoms with van der Waals surface area (Å²) in [5.41, 5.74) is 2.04. The topological polar surface area (TPSA) is 36.9 Å². The standard InChI is InChI=1S/C28H16B2O4/c1-2-6-24-23(5-1)31-29(32-24)21-15-11-17-10-14-20-22(30-33-25-7-3-4-8-26(25)34-30)16-12-18-9-13-19(21)27(17)28(18)20/h1-16H. The van der Waals surface area contributed by atoms with Crippen LogP contribution in [0.3, 0.4) is 0 Å². The molecule has 0 aliphatic carbocycles. The Balaban J connectivity index is 1.31. The molecule has 4 nitrogen and oxygen atoms in total. The first-order valence-electron chi connectivity index (χ1n) is 11.4. The number of rotatable bonds is 2. The molecule has 158 valence electrons. The van der Waals surface area contributed by atoms with Crippen LogP contribution < -0.4 is 29.5 Å². The Hall–Kier alpha value is -4.31. The van der Waals surface area contributed by atoms with Gasteiger partial charge in [-0.15, -0.1) is 0 Å². The first-order chi connectivity index (χ1) is 16.8. The predicted molar refractivity (Wildman–Crippen MR) is 136 cm³/mol. The molecule has 2 aliphatic heterocycles. The molecule has 0 amide bonds. The Morgan fingerprint density at radius 1 is 0.382 bits per heavy atom. The zero-order valence-electron chi connectivity index (χ0n) is 18.0. The summed E-state index contributed by atoms with van der Waals surface area (Å²) >= 11 is 0. The predicted octanol–water partition coefficient (Wildman–Crippen LogP) is 4.92. The molecule has 6 aromatic rings. The third-order valence-corrected chi connectivity index (χ3v) is 6.87. The van der Waals surface area contributed by atoms with Gasteiger partial charge in [0.15, 0.2) is 0 Å². The summed E-state index contributed by atoms with van der Waals surface area (Å²) in [7, 11) is -0.949. The van der Waals surface area contributed by atoms with Gasteiger partial charge >= 0.3 is 14.2 Å². The molecule has 0 aromatic heterocycles. The summed E-state index contributed by atoms with van der Waals surface area (Å²) in [6, 6.07) is 32.8. The molecule has 34 heavy (non-hydrogen) atoms. The van der Waals surface area contributed by atoms with E-state index in [4.69, 9.17) is 18.6 Å². The van der Waals surface area contributed by atoms with Crippen LogP contribution in [0, 0.1) is 0 Å². The number of hydrogen-bond donors (Lipinski definition) is 0. The number of fused-ring (bicyclic) bond motifs is 2. The summed E-state index contributed by atoms with van der Waals surface area (Å²) in [5, 5.41) is 7.02. The summed E-state index contributed by atoms with van der Waals surface area (Å²) in [6.45, 7) is 0. The van der Waals surface area contributed by atoms with Crippen molar-refractivity contribution >= 4 is 57.5 Å². The van der Waals surface area contributed by atoms with Crippen molar-refractivity contribution in [3.63, 3.8) is 0 Å². The van der Waals surface area contributed by atoms with E-state index >= 15 is 0 Å². The van der Waals surface area contributed by atoms with E-state index in [1.54, 1.807) is 0 Å². The van der Waals surface area contributed by atoms with Crippen molar-refractivity contribution in [2.24, 2.45) is 0 Å². The lowest BCUT2D eigenvalue weighted by atomic mass is 9.72. The third kappa shape index (κ3) is 2.45. The van der Waals surface area contributed by atoms with Gasteiger partial charge in [0.2, 0.25) is 0 Å². The van der Waals surface area contributed by atoms with Gasteiger partial charge in [-0.25, -0.2) is 0 Å². The second-order valence-corrected chi connectivity index (χ2v) is 8.76. The van der Waals surface area contributed by atoms with Crippen LogP contribution in [0.1, 0.15) is 0 Å². The molecule has 2 aliphatic rings. The molecule has 0 unspecified atom stereocenters. The molecule has 0 N–H and O–H groups in total. The Labute approximate surface area is 196 Å². The fourth-order valence-corrected chi connectivity index (χ4v) is 5.31. The Kier molecular flexibility index (Phi) is 3.53. The van der Waals surface area contributed by atoms with Crippen LogP contribution in [-0.4, -0.2) is 14.2 Å². The zero-order chi connectivity index (χ0) is 22.2. The maximum absolute atomic E-state index is 6.16. The average molecular weight is 438 g/mol. The first kappa shape index (κ1) is 18.2. The lowest BCUT2D eigenvalue weighted by Crippen LogP contribution is -2.40. The quantitative estimate of drug-likeness (QED) is 0.284. The smallest absolute Gasteiger partial charge is 0.519 e. The highest BCUT2D eigenvalue weighted by atomic mass is 16.6. The third-order valence-electron chi connectivity index (χ3n) is 6.87. The lowest BCUT2D eigenvalue weighted by Gasteiger charge is -2.17. The van der Waals surface area contributed by atoms with E-state index in [0.717, 1.165) is 44.7 Å². The largest absolute Gasteiger partial charge is 0.633 e. The van der Waals surface area contributed by atoms with Gasteiger partial charge in [0.05, 0.1) is 0 Å². The monoisotopic (exact) mass is 438 g/mol. The van der Waals surface area contributed by atoms with Gasteiger partial charge in [-0.3, -0.25) is 0 Å². The Bertz CT molecular complexity index is 1570. The normalized spacial score (nSPS) is 14.1. The van der Waals surface area contributed by atoms with E-state index in [9.17, 15) is 0 Å². The number of para-hydroxylation sites is 4. The maximum atomic E-state index is 6.16. The van der Waals surface area contributed by atoms with Gasteiger partial charge < -0.3 is 18.6 Å². The van der Waals surface area contributed by atoms with Crippen LogP contribution in [0.25, 0.3) is 32.3 Å². The van der Waals surface area contributed by atoms with Crippen molar-refractivity contribution in [3.05, 3.63) is 97.1 Å². The zero-order valence-corrected chi connectivity index (χ0v) is 18.0. The fourth-order valence-electron chi connectivity index (χ4n) is 5.31. The molecule has 2 heterocycles. The first-order valence-corrected chi connectivity index (χ1v) is 11.4. The highest BCUT2D eigenvalue weighted by Gasteiger charge is 2.37. The Morgan fingerprint density at radius 3 is 1.12 bits per heavy atom. The molecule has 0 bridgehead atoms. The summed E-state index contributed by atoms with van der Waals surface area (Å²) in [5.74, 6) is 3.09. The van der Waals surface area contributed by atoms with Crippen molar-refractivity contribution in [1.82, 2.24) is 0 Å². The summed E-state index contributed by atoms with van der Waals surface area (Å²) in [6.07, 6.45) is 0.